The number of amides is 1. The number of fused-ring (bicyclic) bond motifs is 2. The summed E-state index contributed by atoms with van der Waals surface area (Å²) in [5, 5.41) is 12.0. The SMILES string of the molecule is CN(C#CP(C)P)S(C)(=O)=O.CN(C(=O)C(C)(c1cn(C)c2ccccc12)P(C)P)S(C)(=O)=O.Cc1cn(C)c2ccccc12.[O-][n+]1ccccc1Cl. The summed E-state index contributed by atoms with van der Waals surface area (Å²) in [5.74, 6) is -0.403. The molecule has 0 aliphatic heterocycles. The predicted octanol–water partition coefficient (Wildman–Crippen LogP) is 6.87. The number of aromatic nitrogens is 3. The smallest absolute Gasteiger partial charge is 0.286 e. The maximum Gasteiger partial charge on any atom is 0.286 e. The second kappa shape index (κ2) is 19.7. The van der Waals surface area contributed by atoms with Gasteiger partial charge < -0.3 is 14.3 Å². The Kier molecular flexibility index (Phi) is 17.2. The minimum absolute atomic E-state index is 0.201. The van der Waals surface area contributed by atoms with E-state index >= 15 is 0 Å². The number of benzene rings is 2. The first kappa shape index (κ1) is 46.4. The van der Waals surface area contributed by atoms with E-state index in [1.165, 1.54) is 42.8 Å². The summed E-state index contributed by atoms with van der Waals surface area (Å²) in [6.45, 7) is 7.87. The van der Waals surface area contributed by atoms with Crippen molar-refractivity contribution in [2.75, 3.05) is 39.9 Å². The lowest BCUT2D eigenvalue weighted by Crippen LogP contribution is -2.44. The fraction of sp³-hybridized carbons (Fsp3) is 0.314. The Morgan fingerprint density at radius 3 is 1.79 bits per heavy atom. The highest BCUT2D eigenvalue weighted by atomic mass is 35.5. The highest BCUT2D eigenvalue weighted by Crippen LogP contribution is 2.61. The first-order chi connectivity index (χ1) is 24.4. The molecule has 0 bridgehead atoms. The van der Waals surface area contributed by atoms with Crippen LogP contribution < -0.4 is 4.73 Å². The van der Waals surface area contributed by atoms with Gasteiger partial charge in [0.25, 0.3) is 11.1 Å². The van der Waals surface area contributed by atoms with E-state index in [1.807, 2.05) is 62.3 Å². The van der Waals surface area contributed by atoms with E-state index in [0.29, 0.717) is 4.73 Å². The summed E-state index contributed by atoms with van der Waals surface area (Å²) >= 11 is 5.36. The van der Waals surface area contributed by atoms with Crippen LogP contribution in [0.25, 0.3) is 21.8 Å². The molecule has 0 saturated heterocycles. The van der Waals surface area contributed by atoms with Crippen molar-refractivity contribution in [3.05, 3.63) is 107 Å². The first-order valence-corrected chi connectivity index (χ1v) is 26.6. The maximum absolute atomic E-state index is 13.0. The van der Waals surface area contributed by atoms with E-state index in [-0.39, 0.29) is 5.15 Å². The van der Waals surface area contributed by atoms with Crippen molar-refractivity contribution in [3.8, 4) is 11.7 Å². The van der Waals surface area contributed by atoms with Crippen LogP contribution in [0.5, 0.6) is 0 Å². The van der Waals surface area contributed by atoms with Gasteiger partial charge in [-0.2, -0.15) is 4.73 Å². The molecule has 5 aromatic rings. The number of hydrogen-bond acceptors (Lipinski definition) is 6. The van der Waals surface area contributed by atoms with Crippen LogP contribution in [0.15, 0.2) is 85.3 Å². The molecule has 11 nitrogen and oxygen atoms in total. The molecule has 0 saturated carbocycles. The van der Waals surface area contributed by atoms with Gasteiger partial charge in [-0.05, 0) is 81.4 Å². The van der Waals surface area contributed by atoms with Crippen molar-refractivity contribution in [1.82, 2.24) is 17.7 Å². The van der Waals surface area contributed by atoms with Crippen molar-refractivity contribution < 1.29 is 26.4 Å². The Bertz CT molecular complexity index is 2270. The second-order valence-electron chi connectivity index (χ2n) is 12.2. The quantitative estimate of drug-likeness (QED) is 0.0474. The number of aryl methyl sites for hydroxylation is 3. The summed E-state index contributed by atoms with van der Waals surface area (Å²) in [6, 6.07) is 23.7. The Labute approximate surface area is 326 Å². The summed E-state index contributed by atoms with van der Waals surface area (Å²) in [7, 11) is 3.99. The van der Waals surface area contributed by atoms with Crippen LogP contribution in [0.3, 0.4) is 0 Å². The molecule has 0 N–H and O–H groups in total. The Morgan fingerprint density at radius 1 is 0.868 bits per heavy atom. The molecule has 5 rings (SSSR count). The van der Waals surface area contributed by atoms with Gasteiger partial charge in [0.15, 0.2) is 6.20 Å². The lowest BCUT2D eigenvalue weighted by atomic mass is 9.98. The van der Waals surface area contributed by atoms with Gasteiger partial charge >= 0.3 is 0 Å². The van der Waals surface area contributed by atoms with Gasteiger partial charge in [0.2, 0.25) is 20.0 Å². The van der Waals surface area contributed by atoms with Gasteiger partial charge in [-0.3, -0.25) is 4.79 Å². The Balaban J connectivity index is 0.000000270. The number of sulfonamides is 2. The molecule has 3 aromatic heterocycles. The van der Waals surface area contributed by atoms with Crippen molar-refractivity contribution in [2.45, 2.75) is 19.0 Å². The summed E-state index contributed by atoms with van der Waals surface area (Å²) in [5.41, 5.74) is 7.32. The molecule has 0 aliphatic rings. The molecule has 0 fully saturated rings. The third kappa shape index (κ3) is 12.6. The van der Waals surface area contributed by atoms with Crippen molar-refractivity contribution in [3.63, 3.8) is 0 Å². The minimum atomic E-state index is -3.60. The standard InChI is InChI=1S/C15H22N2O3P2S.C10H11N.C5H4ClNO.C5H11NO2P2S/c1-15(22(4)21,14(18)17(3)23(5,19)20)12-10-16(2)13-9-7-6-8-11(12)13;1-8-7-11(2)10-6-4-3-5-9(8)10;6-5-3-1-2-4-7(5)8;1-6(11(3,7)8)4-5-10(2)9/h6-10H,21H2,1-5H3;3-7H,1-2H3;1-4H;9H2,1-3H3. The fourth-order valence-electron chi connectivity index (χ4n) is 4.83. The molecular weight excluding hydrogens is 810 g/mol. The Hall–Kier alpha value is -2.79. The second-order valence-corrected chi connectivity index (χ2v) is 24.9. The van der Waals surface area contributed by atoms with Gasteiger partial charge in [-0.25, -0.2) is 25.4 Å². The molecule has 2 aromatic carbocycles. The average molecular weight is 858 g/mol. The molecule has 1 amide bonds. The number of pyridine rings is 1. The zero-order valence-electron chi connectivity index (χ0n) is 31.5. The molecule has 18 heteroatoms. The fourth-order valence-corrected chi connectivity index (χ4v) is 8.03. The topological polar surface area (TPSA) is 129 Å². The number of nitrogens with zero attached hydrogens (tertiary/aromatic N) is 5. The minimum Gasteiger partial charge on any atom is -0.618 e. The van der Waals surface area contributed by atoms with Crippen LogP contribution >= 0.6 is 44.7 Å². The first-order valence-electron chi connectivity index (χ1n) is 15.7. The largest absolute Gasteiger partial charge is 0.618 e. The number of rotatable bonds is 5. The third-order valence-corrected chi connectivity index (χ3v) is 14.9. The van der Waals surface area contributed by atoms with Gasteiger partial charge in [0.05, 0.1) is 17.7 Å². The molecule has 5 atom stereocenters. The third-order valence-electron chi connectivity index (χ3n) is 8.08. The monoisotopic (exact) mass is 857 g/mol. The zero-order chi connectivity index (χ0) is 40.5. The van der Waals surface area contributed by atoms with Crippen LogP contribution in [0.1, 0.15) is 18.1 Å². The molecule has 3 heterocycles. The average Bonchev–Trinajstić information content (AvgIpc) is 3.58. The van der Waals surface area contributed by atoms with Crippen molar-refractivity contribution >= 4 is 92.4 Å². The van der Waals surface area contributed by atoms with Gasteiger partial charge in [0.1, 0.15) is 0 Å². The lowest BCUT2D eigenvalue weighted by Gasteiger charge is -2.35. The van der Waals surface area contributed by atoms with Crippen LogP contribution in [0, 0.1) is 23.8 Å². The molecule has 5 unspecified atom stereocenters. The summed E-state index contributed by atoms with van der Waals surface area (Å²) < 4.78 is 51.8. The number of likely N-dealkylation sites (N-methyl/N-ethyl adjacent to an activating group) is 1. The maximum atomic E-state index is 13.0. The van der Waals surface area contributed by atoms with Gasteiger partial charge in [-0.15, -0.1) is 8.93 Å². The molecule has 53 heavy (non-hydrogen) atoms. The van der Waals surface area contributed by atoms with E-state index in [0.717, 1.165) is 37.6 Å². The van der Waals surface area contributed by atoms with Crippen LogP contribution in [0.2, 0.25) is 5.15 Å². The predicted molar refractivity (Wildman–Crippen MR) is 231 cm³/mol. The molecule has 0 spiro atoms. The summed E-state index contributed by atoms with van der Waals surface area (Å²) in [4.78, 5) is 13.0. The van der Waals surface area contributed by atoms with Gasteiger partial charge in [0, 0.05) is 80.6 Å². The highest BCUT2D eigenvalue weighted by Gasteiger charge is 2.44. The van der Waals surface area contributed by atoms with E-state index in [1.54, 1.807) is 12.1 Å². The number of halogens is 1. The summed E-state index contributed by atoms with van der Waals surface area (Å²) in [6.07, 6.45) is 7.62. The lowest BCUT2D eigenvalue weighted by molar-refractivity contribution is -0.603. The molecule has 0 radical (unpaired) electrons. The Morgan fingerprint density at radius 2 is 1.36 bits per heavy atom. The van der Waals surface area contributed by atoms with Crippen LogP contribution in [-0.2, 0) is 44.1 Å². The van der Waals surface area contributed by atoms with Crippen LogP contribution in [-0.4, -0.2) is 80.4 Å². The van der Waals surface area contributed by atoms with Crippen LogP contribution in [0.4, 0.5) is 0 Å². The van der Waals surface area contributed by atoms with E-state index in [9.17, 15) is 26.8 Å². The molecule has 288 valence electrons. The zero-order valence-corrected chi connectivity index (χ0v) is 38.0. The number of carbonyl (C=O) groups is 1. The number of carbonyl (C=O) groups excluding carboxylic acids is 1. The van der Waals surface area contributed by atoms with E-state index in [4.69, 9.17) is 11.6 Å². The van der Waals surface area contributed by atoms with Crippen molar-refractivity contribution in [1.29, 1.82) is 0 Å². The van der Waals surface area contributed by atoms with Gasteiger partial charge in [-0.1, -0.05) is 52.9 Å². The number of hydrogen-bond donors (Lipinski definition) is 0. The number of para-hydroxylation sites is 2. The van der Waals surface area contributed by atoms with E-state index in [2.05, 4.69) is 78.6 Å². The highest BCUT2D eigenvalue weighted by molar-refractivity contribution is 8.16. The molecular formula is C35H48ClN5O6P4S2. The van der Waals surface area contributed by atoms with E-state index < -0.39 is 46.3 Å². The normalized spacial score (nSPS) is 13.3. The van der Waals surface area contributed by atoms with Crippen molar-refractivity contribution in [2.24, 2.45) is 14.1 Å². The molecule has 0 aliphatic carbocycles.